The lowest BCUT2D eigenvalue weighted by Crippen LogP contribution is -2.54. The molecule has 7 N–H and O–H groups in total. The first-order valence-electron chi connectivity index (χ1n) is 5.77. The van der Waals surface area contributed by atoms with Crippen molar-refractivity contribution in [3.8, 4) is 0 Å². The maximum Gasteiger partial charge on any atom is 0.316 e. The Balaban J connectivity index is 4.14. The van der Waals surface area contributed by atoms with Gasteiger partial charge in [0.2, 0.25) is 0 Å². The predicted molar refractivity (Wildman–Crippen MR) is 64.7 cm³/mol. The second-order valence-electron chi connectivity index (χ2n) is 3.99. The summed E-state index contributed by atoms with van der Waals surface area (Å²) in [5.41, 5.74) is 0. The molecule has 0 saturated carbocycles. The zero-order valence-corrected chi connectivity index (χ0v) is 10.9. The van der Waals surface area contributed by atoms with E-state index in [1.54, 1.807) is 0 Å². The lowest BCUT2D eigenvalue weighted by atomic mass is 10.1. The van der Waals surface area contributed by atoms with Gasteiger partial charge in [0.1, 0.15) is 18.3 Å². The number of carboxylic acid groups (broad SMARTS) is 1. The van der Waals surface area contributed by atoms with E-state index >= 15 is 0 Å². The molecule has 118 valence electrons. The Bertz CT molecular complexity index is 314. The van der Waals surface area contributed by atoms with E-state index in [2.05, 4.69) is 10.1 Å². The Morgan fingerprint density at radius 1 is 1.15 bits per heavy atom. The van der Waals surface area contributed by atoms with Crippen molar-refractivity contribution in [1.29, 1.82) is 0 Å². The van der Waals surface area contributed by atoms with Crippen molar-refractivity contribution in [3.05, 3.63) is 0 Å². The molecule has 0 fully saturated rings. The molecule has 4 unspecified atom stereocenters. The number of aliphatic hydroxyl groups is 4. The van der Waals surface area contributed by atoms with Gasteiger partial charge in [-0.15, -0.1) is 0 Å². The maximum absolute atomic E-state index is 11.2. The number of rotatable bonds is 9. The number of carbonyl (C=O) groups is 2. The van der Waals surface area contributed by atoms with E-state index in [0.29, 0.717) is 0 Å². The summed E-state index contributed by atoms with van der Waals surface area (Å²) in [5.74, 6) is -1.11. The highest BCUT2D eigenvalue weighted by Crippen LogP contribution is 2.04. The van der Waals surface area contributed by atoms with Gasteiger partial charge < -0.3 is 40.9 Å². The van der Waals surface area contributed by atoms with Gasteiger partial charge in [0.05, 0.1) is 13.0 Å². The number of ether oxygens (including phenoxy) is 1. The number of methoxy groups -OCH3 is 1. The van der Waals surface area contributed by atoms with E-state index in [1.165, 1.54) is 7.11 Å². The molecule has 0 bridgehead atoms. The number of aliphatic carboxylic acids is 1. The van der Waals surface area contributed by atoms with Crippen LogP contribution in [0.25, 0.3) is 0 Å². The Hall–Kier alpha value is -1.46. The van der Waals surface area contributed by atoms with Gasteiger partial charge in [0, 0.05) is 13.7 Å². The maximum atomic E-state index is 11.2. The third kappa shape index (κ3) is 7.21. The lowest BCUT2D eigenvalue weighted by molar-refractivity contribution is -0.136. The summed E-state index contributed by atoms with van der Waals surface area (Å²) in [4.78, 5) is 21.4. The van der Waals surface area contributed by atoms with E-state index in [9.17, 15) is 30.0 Å². The van der Waals surface area contributed by atoms with Gasteiger partial charge in [0.25, 0.3) is 0 Å². The van der Waals surface area contributed by atoms with Gasteiger partial charge in [0.15, 0.2) is 6.23 Å². The Labute approximate surface area is 115 Å². The molecule has 0 heterocycles. The molecule has 0 aliphatic rings. The van der Waals surface area contributed by atoms with Crippen LogP contribution in [-0.4, -0.2) is 82.3 Å². The fraction of sp³-hybridized carbons (Fsp3) is 0.800. The van der Waals surface area contributed by atoms with Gasteiger partial charge in [-0.25, -0.2) is 4.79 Å². The van der Waals surface area contributed by atoms with Crippen LogP contribution in [0.15, 0.2) is 0 Å². The third-order valence-electron chi connectivity index (χ3n) is 2.31. The molecule has 0 aromatic carbocycles. The largest absolute Gasteiger partial charge is 0.481 e. The summed E-state index contributed by atoms with van der Waals surface area (Å²) in [6.07, 6.45) is -7.17. The number of amides is 2. The highest BCUT2D eigenvalue weighted by molar-refractivity contribution is 5.75. The molecule has 2 amide bonds. The molecule has 0 saturated heterocycles. The summed E-state index contributed by atoms with van der Waals surface area (Å²) in [6, 6.07) is -0.925. The van der Waals surface area contributed by atoms with Crippen LogP contribution in [0.2, 0.25) is 0 Å². The molecule has 0 aliphatic carbocycles. The first-order chi connectivity index (χ1) is 9.29. The summed E-state index contributed by atoms with van der Waals surface area (Å²) in [5, 5.41) is 50.1. The van der Waals surface area contributed by atoms with E-state index in [0.717, 1.165) is 0 Å². The molecule has 10 heteroatoms. The first-order valence-corrected chi connectivity index (χ1v) is 5.77. The summed E-state index contributed by atoms with van der Waals surface area (Å²) in [7, 11) is 1.27. The number of hydrogen-bond donors (Lipinski definition) is 7. The van der Waals surface area contributed by atoms with E-state index < -0.39 is 36.5 Å². The van der Waals surface area contributed by atoms with Crippen molar-refractivity contribution in [2.45, 2.75) is 31.0 Å². The van der Waals surface area contributed by atoms with Gasteiger partial charge >= 0.3 is 12.0 Å². The van der Waals surface area contributed by atoms with Crippen LogP contribution in [-0.2, 0) is 9.53 Å². The standard InChI is InChI=1S/C10H20N2O8/c1-20-4-5(13)7(16)8(17)9(18)12-10(19)11-3-2-6(14)15/h5,7-9,13,16-18H,2-4H2,1H3,(H,14,15)(H2,11,12,19). The SMILES string of the molecule is COCC(O)C(O)C(O)C(O)NC(=O)NCCC(=O)O. The average molecular weight is 296 g/mol. The number of carboxylic acids is 1. The van der Waals surface area contributed by atoms with E-state index in [4.69, 9.17) is 5.11 Å². The number of carbonyl (C=O) groups excluding carboxylic acids is 1. The number of nitrogens with one attached hydrogen (secondary N) is 2. The van der Waals surface area contributed by atoms with Crippen LogP contribution in [0.3, 0.4) is 0 Å². The van der Waals surface area contributed by atoms with Crippen LogP contribution >= 0.6 is 0 Å². The molecule has 10 nitrogen and oxygen atoms in total. The van der Waals surface area contributed by atoms with E-state index in [1.807, 2.05) is 5.32 Å². The quantitative estimate of drug-likeness (QED) is 0.218. The molecule has 0 aromatic heterocycles. The normalized spacial score (nSPS) is 16.9. The number of urea groups is 1. The second-order valence-corrected chi connectivity index (χ2v) is 3.99. The third-order valence-corrected chi connectivity index (χ3v) is 2.31. The fourth-order valence-electron chi connectivity index (χ4n) is 1.24. The molecule has 0 rings (SSSR count). The smallest absolute Gasteiger partial charge is 0.316 e. The minimum Gasteiger partial charge on any atom is -0.481 e. The number of hydrogen-bond acceptors (Lipinski definition) is 7. The minimum absolute atomic E-state index is 0.168. The van der Waals surface area contributed by atoms with Crippen molar-refractivity contribution in [3.63, 3.8) is 0 Å². The van der Waals surface area contributed by atoms with Gasteiger partial charge in [-0.3, -0.25) is 4.79 Å². The van der Waals surface area contributed by atoms with E-state index in [-0.39, 0.29) is 19.6 Å². The zero-order valence-electron chi connectivity index (χ0n) is 10.9. The first kappa shape index (κ1) is 18.5. The second kappa shape index (κ2) is 9.44. The summed E-state index contributed by atoms with van der Waals surface area (Å²) >= 11 is 0. The van der Waals surface area contributed by atoms with Gasteiger partial charge in [-0.05, 0) is 0 Å². The van der Waals surface area contributed by atoms with Crippen LogP contribution in [0.1, 0.15) is 6.42 Å². The van der Waals surface area contributed by atoms with Gasteiger partial charge in [-0.2, -0.15) is 0 Å². The Morgan fingerprint density at radius 2 is 1.75 bits per heavy atom. The highest BCUT2D eigenvalue weighted by Gasteiger charge is 2.31. The highest BCUT2D eigenvalue weighted by atomic mass is 16.5. The molecule has 0 aliphatic heterocycles. The monoisotopic (exact) mass is 296 g/mol. The van der Waals surface area contributed by atoms with Crippen LogP contribution < -0.4 is 10.6 Å². The summed E-state index contributed by atoms with van der Waals surface area (Å²) in [6.45, 7) is -0.436. The van der Waals surface area contributed by atoms with Crippen LogP contribution in [0.4, 0.5) is 4.79 Å². The molecule has 4 atom stereocenters. The van der Waals surface area contributed by atoms with Crippen molar-refractivity contribution in [2.24, 2.45) is 0 Å². The molecular formula is C10H20N2O8. The van der Waals surface area contributed by atoms with Crippen molar-refractivity contribution in [1.82, 2.24) is 10.6 Å². The topological polar surface area (TPSA) is 169 Å². The lowest BCUT2D eigenvalue weighted by Gasteiger charge is -2.26. The number of aliphatic hydroxyl groups excluding tert-OH is 4. The van der Waals surface area contributed by atoms with Crippen molar-refractivity contribution >= 4 is 12.0 Å². The summed E-state index contributed by atoms with van der Waals surface area (Å²) < 4.78 is 4.55. The van der Waals surface area contributed by atoms with Crippen molar-refractivity contribution in [2.75, 3.05) is 20.3 Å². The van der Waals surface area contributed by atoms with Crippen LogP contribution in [0.5, 0.6) is 0 Å². The molecular weight excluding hydrogens is 276 g/mol. The molecule has 0 radical (unpaired) electrons. The zero-order chi connectivity index (χ0) is 15.7. The predicted octanol–water partition coefficient (Wildman–Crippen LogP) is -3.19. The fourth-order valence-corrected chi connectivity index (χ4v) is 1.24. The Kier molecular flexibility index (Phi) is 8.76. The molecule has 0 spiro atoms. The van der Waals surface area contributed by atoms with Crippen molar-refractivity contribution < 1.29 is 39.9 Å². The molecule has 0 aromatic rings. The van der Waals surface area contributed by atoms with Crippen LogP contribution in [0, 0.1) is 0 Å². The van der Waals surface area contributed by atoms with Gasteiger partial charge in [-0.1, -0.05) is 0 Å². The minimum atomic E-state index is -1.85. The molecule has 20 heavy (non-hydrogen) atoms. The average Bonchev–Trinajstić information content (AvgIpc) is 2.36. The Morgan fingerprint density at radius 3 is 2.25 bits per heavy atom.